The molecule has 130 valence electrons. The van der Waals surface area contributed by atoms with Gasteiger partial charge in [-0.15, -0.1) is 0 Å². The second-order valence-corrected chi connectivity index (χ2v) is 8.18. The van der Waals surface area contributed by atoms with E-state index in [4.69, 9.17) is 9.47 Å². The Morgan fingerprint density at radius 3 is 3.12 bits per heavy atom. The van der Waals surface area contributed by atoms with Crippen molar-refractivity contribution in [2.24, 2.45) is 0 Å². The third-order valence-electron chi connectivity index (χ3n) is 3.78. The third kappa shape index (κ3) is 4.51. The molecule has 1 aromatic carbocycles. The fourth-order valence-electron chi connectivity index (χ4n) is 2.51. The highest BCUT2D eigenvalue weighted by Gasteiger charge is 2.23. The molecule has 6 nitrogen and oxygen atoms in total. The van der Waals surface area contributed by atoms with Crippen molar-refractivity contribution in [3.8, 4) is 11.5 Å². The molecule has 0 saturated carbocycles. The van der Waals surface area contributed by atoms with E-state index in [0.29, 0.717) is 30.2 Å². The van der Waals surface area contributed by atoms with Crippen molar-refractivity contribution in [3.63, 3.8) is 0 Å². The van der Waals surface area contributed by atoms with Gasteiger partial charge in [-0.05, 0) is 18.9 Å². The van der Waals surface area contributed by atoms with Gasteiger partial charge < -0.3 is 20.1 Å². The fraction of sp³-hybridized carbons (Fsp3) is 0.500. The molecular formula is C16H20N2O4S2. The minimum Gasteiger partial charge on any atom is -0.454 e. The number of fused-ring (bicyclic) bond motifs is 1. The van der Waals surface area contributed by atoms with Crippen LogP contribution in [0.25, 0.3) is 0 Å². The molecule has 0 aromatic heterocycles. The number of carbonyl (C=O) groups is 2. The predicted molar refractivity (Wildman–Crippen MR) is 95.1 cm³/mol. The van der Waals surface area contributed by atoms with Crippen LogP contribution in [0.1, 0.15) is 24.8 Å². The summed E-state index contributed by atoms with van der Waals surface area (Å²) < 4.78 is 10.8. The molecule has 0 unspecified atom stereocenters. The quantitative estimate of drug-likeness (QED) is 0.796. The van der Waals surface area contributed by atoms with Crippen LogP contribution >= 0.6 is 21.6 Å². The molecule has 2 amide bonds. The Morgan fingerprint density at radius 1 is 1.29 bits per heavy atom. The van der Waals surface area contributed by atoms with Crippen molar-refractivity contribution < 1.29 is 19.1 Å². The SMILES string of the molecule is O=C1CCCCSSC[C@@H](C(=O)NCc2cccc3c2OCO3)N1. The molecule has 1 atom stereocenters. The highest BCUT2D eigenvalue weighted by molar-refractivity contribution is 8.76. The summed E-state index contributed by atoms with van der Waals surface area (Å²) in [6, 6.07) is 5.09. The molecule has 1 saturated heterocycles. The van der Waals surface area contributed by atoms with Crippen LogP contribution in [-0.2, 0) is 16.1 Å². The van der Waals surface area contributed by atoms with Gasteiger partial charge in [-0.2, -0.15) is 0 Å². The normalized spacial score (nSPS) is 21.0. The molecule has 0 aliphatic carbocycles. The zero-order valence-electron chi connectivity index (χ0n) is 13.2. The number of nitrogens with one attached hydrogen (secondary N) is 2. The summed E-state index contributed by atoms with van der Waals surface area (Å²) in [7, 11) is 3.38. The summed E-state index contributed by atoms with van der Waals surface area (Å²) in [4.78, 5) is 24.4. The summed E-state index contributed by atoms with van der Waals surface area (Å²) in [5.41, 5.74) is 0.867. The third-order valence-corrected chi connectivity index (χ3v) is 6.28. The molecule has 3 rings (SSSR count). The lowest BCUT2D eigenvalue weighted by molar-refractivity contribution is -0.128. The number of rotatable bonds is 3. The maximum absolute atomic E-state index is 12.5. The molecular weight excluding hydrogens is 348 g/mol. The van der Waals surface area contributed by atoms with Crippen molar-refractivity contribution in [1.82, 2.24) is 10.6 Å². The topological polar surface area (TPSA) is 76.7 Å². The standard InChI is InChI=1S/C16H20N2O4S2/c19-14-6-1-2-7-23-24-9-12(18-14)16(20)17-8-11-4-3-5-13-15(11)22-10-21-13/h3-5,12H,1-2,6-10H2,(H,17,20)(H,18,19)/t12-/m0/s1. The first-order valence-corrected chi connectivity index (χ1v) is 10.4. The number of hydrogen-bond acceptors (Lipinski definition) is 6. The highest BCUT2D eigenvalue weighted by atomic mass is 33.1. The van der Waals surface area contributed by atoms with E-state index >= 15 is 0 Å². The first kappa shape index (κ1) is 17.3. The lowest BCUT2D eigenvalue weighted by atomic mass is 10.1. The van der Waals surface area contributed by atoms with Gasteiger partial charge >= 0.3 is 0 Å². The van der Waals surface area contributed by atoms with E-state index in [1.54, 1.807) is 21.6 Å². The van der Waals surface area contributed by atoms with Crippen LogP contribution in [0.15, 0.2) is 18.2 Å². The van der Waals surface area contributed by atoms with Crippen LogP contribution in [0.4, 0.5) is 0 Å². The molecule has 2 aliphatic heterocycles. The molecule has 1 aromatic rings. The number of hydrogen-bond donors (Lipinski definition) is 2. The van der Waals surface area contributed by atoms with Gasteiger partial charge in [-0.25, -0.2) is 0 Å². The largest absolute Gasteiger partial charge is 0.454 e. The van der Waals surface area contributed by atoms with E-state index < -0.39 is 6.04 Å². The molecule has 2 N–H and O–H groups in total. The van der Waals surface area contributed by atoms with Crippen LogP contribution in [0.2, 0.25) is 0 Å². The zero-order valence-corrected chi connectivity index (χ0v) is 14.8. The minimum atomic E-state index is -0.512. The average molecular weight is 368 g/mol. The maximum atomic E-state index is 12.5. The van der Waals surface area contributed by atoms with Crippen LogP contribution in [0.3, 0.4) is 0 Å². The van der Waals surface area contributed by atoms with Crippen LogP contribution in [0.5, 0.6) is 11.5 Å². The summed E-state index contributed by atoms with van der Waals surface area (Å²) in [6.07, 6.45) is 2.37. The first-order valence-electron chi connectivity index (χ1n) is 7.93. The van der Waals surface area contributed by atoms with Gasteiger partial charge in [0, 0.05) is 30.0 Å². The van der Waals surface area contributed by atoms with Crippen molar-refractivity contribution in [3.05, 3.63) is 23.8 Å². The Kier molecular flexibility index (Phi) is 6.14. The average Bonchev–Trinajstić information content (AvgIpc) is 3.07. The van der Waals surface area contributed by atoms with Gasteiger partial charge in [0.2, 0.25) is 18.6 Å². The van der Waals surface area contributed by atoms with Crippen LogP contribution < -0.4 is 20.1 Å². The Morgan fingerprint density at radius 2 is 2.21 bits per heavy atom. The van der Waals surface area contributed by atoms with E-state index in [2.05, 4.69) is 10.6 Å². The Hall–Kier alpha value is -1.54. The van der Waals surface area contributed by atoms with Gasteiger partial charge in [-0.3, -0.25) is 9.59 Å². The van der Waals surface area contributed by atoms with E-state index in [-0.39, 0.29) is 18.6 Å². The molecule has 2 heterocycles. The second kappa shape index (κ2) is 8.53. The van der Waals surface area contributed by atoms with Gasteiger partial charge in [0.15, 0.2) is 11.5 Å². The number of amides is 2. The summed E-state index contributed by atoms with van der Waals surface area (Å²) >= 11 is 0. The molecule has 0 spiro atoms. The number of ether oxygens (including phenoxy) is 2. The van der Waals surface area contributed by atoms with Crippen molar-refractivity contribution in [2.75, 3.05) is 18.3 Å². The summed E-state index contributed by atoms with van der Waals surface area (Å²) in [5.74, 6) is 2.72. The number of carbonyl (C=O) groups excluding carboxylic acids is 2. The van der Waals surface area contributed by atoms with Gasteiger partial charge in [0.05, 0.1) is 0 Å². The van der Waals surface area contributed by atoms with E-state index in [9.17, 15) is 9.59 Å². The summed E-state index contributed by atoms with van der Waals surface area (Å²) in [5, 5.41) is 5.73. The summed E-state index contributed by atoms with van der Waals surface area (Å²) in [6.45, 7) is 0.544. The lowest BCUT2D eigenvalue weighted by Gasteiger charge is -2.19. The molecule has 8 heteroatoms. The van der Waals surface area contributed by atoms with Crippen LogP contribution in [0, 0.1) is 0 Å². The number of benzene rings is 1. The predicted octanol–water partition coefficient (Wildman–Crippen LogP) is 2.08. The monoisotopic (exact) mass is 368 g/mol. The number of para-hydroxylation sites is 1. The van der Waals surface area contributed by atoms with E-state index in [1.807, 2.05) is 18.2 Å². The van der Waals surface area contributed by atoms with E-state index in [1.165, 1.54) is 0 Å². The van der Waals surface area contributed by atoms with Gasteiger partial charge in [0.25, 0.3) is 0 Å². The Labute approximate surface area is 148 Å². The van der Waals surface area contributed by atoms with Gasteiger partial charge in [0.1, 0.15) is 6.04 Å². The Bertz CT molecular complexity index is 612. The van der Waals surface area contributed by atoms with Crippen LogP contribution in [-0.4, -0.2) is 36.2 Å². The van der Waals surface area contributed by atoms with Crippen molar-refractivity contribution >= 4 is 33.4 Å². The molecule has 2 aliphatic rings. The first-order chi connectivity index (χ1) is 11.7. The van der Waals surface area contributed by atoms with Crippen molar-refractivity contribution in [1.29, 1.82) is 0 Å². The highest BCUT2D eigenvalue weighted by Crippen LogP contribution is 2.35. The fourth-order valence-corrected chi connectivity index (χ4v) is 4.82. The van der Waals surface area contributed by atoms with Gasteiger partial charge in [-0.1, -0.05) is 33.7 Å². The molecule has 24 heavy (non-hydrogen) atoms. The van der Waals surface area contributed by atoms with Crippen molar-refractivity contribution in [2.45, 2.75) is 31.8 Å². The Balaban J connectivity index is 1.58. The molecule has 0 radical (unpaired) electrons. The maximum Gasteiger partial charge on any atom is 0.243 e. The van der Waals surface area contributed by atoms with E-state index in [0.717, 1.165) is 24.2 Å². The smallest absolute Gasteiger partial charge is 0.243 e. The lowest BCUT2D eigenvalue weighted by Crippen LogP contribution is -2.48. The second-order valence-electron chi connectivity index (χ2n) is 5.55. The zero-order chi connectivity index (χ0) is 16.8. The molecule has 0 bridgehead atoms. The minimum absolute atomic E-state index is 0.0556. The molecule has 1 fully saturated rings.